The summed E-state index contributed by atoms with van der Waals surface area (Å²) in [6.45, 7) is 2.86. The lowest BCUT2D eigenvalue weighted by Gasteiger charge is -2.14. The van der Waals surface area contributed by atoms with Gasteiger partial charge in [-0.1, -0.05) is 29.3 Å². The number of halogens is 1. The number of alkyl halides is 1. The molecule has 18 heavy (non-hydrogen) atoms. The highest BCUT2D eigenvalue weighted by atomic mass is 79.9. The molecule has 98 valence electrons. The van der Waals surface area contributed by atoms with E-state index in [-0.39, 0.29) is 5.56 Å². The Bertz CT molecular complexity index is 589. The standard InChI is InChI=1S/C12H17BrN4O/c1-3-4-9(5-13)7-17-8-14-11-10(12(17)18)6-15-16(11)2/h6,8-9H,3-5,7H2,1-2H3. The molecular formula is C12H17BrN4O. The van der Waals surface area contributed by atoms with Gasteiger partial charge in [0.2, 0.25) is 0 Å². The van der Waals surface area contributed by atoms with Gasteiger partial charge in [-0.05, 0) is 12.3 Å². The van der Waals surface area contributed by atoms with Gasteiger partial charge in [-0.2, -0.15) is 5.10 Å². The molecule has 0 N–H and O–H groups in total. The first-order valence-electron chi connectivity index (χ1n) is 6.10. The van der Waals surface area contributed by atoms with Crippen LogP contribution in [0.25, 0.3) is 11.0 Å². The number of fused-ring (bicyclic) bond motifs is 1. The molecule has 2 aromatic heterocycles. The average molecular weight is 313 g/mol. The number of hydrogen-bond acceptors (Lipinski definition) is 3. The molecule has 0 aliphatic heterocycles. The second-order valence-corrected chi connectivity index (χ2v) is 5.16. The van der Waals surface area contributed by atoms with E-state index in [1.54, 1.807) is 28.8 Å². The van der Waals surface area contributed by atoms with Crippen molar-refractivity contribution in [3.05, 3.63) is 22.9 Å². The molecule has 1 atom stereocenters. The molecule has 0 aromatic carbocycles. The highest BCUT2D eigenvalue weighted by Gasteiger charge is 2.12. The molecule has 0 radical (unpaired) electrons. The fourth-order valence-corrected chi connectivity index (χ4v) is 2.63. The van der Waals surface area contributed by atoms with E-state index in [9.17, 15) is 4.79 Å². The number of rotatable bonds is 5. The van der Waals surface area contributed by atoms with Crippen molar-refractivity contribution in [1.29, 1.82) is 0 Å². The maximum atomic E-state index is 12.3. The van der Waals surface area contributed by atoms with Crippen molar-refractivity contribution in [2.45, 2.75) is 26.3 Å². The van der Waals surface area contributed by atoms with Gasteiger partial charge < -0.3 is 0 Å². The first-order valence-corrected chi connectivity index (χ1v) is 7.22. The van der Waals surface area contributed by atoms with Crippen LogP contribution in [0.3, 0.4) is 0 Å². The Labute approximate surface area is 114 Å². The van der Waals surface area contributed by atoms with Gasteiger partial charge in [0, 0.05) is 18.9 Å². The Morgan fingerprint density at radius 2 is 2.28 bits per heavy atom. The van der Waals surface area contributed by atoms with Crippen molar-refractivity contribution in [3.63, 3.8) is 0 Å². The van der Waals surface area contributed by atoms with Crippen molar-refractivity contribution in [2.75, 3.05) is 5.33 Å². The van der Waals surface area contributed by atoms with E-state index in [0.29, 0.717) is 23.5 Å². The van der Waals surface area contributed by atoms with Crippen LogP contribution in [0, 0.1) is 5.92 Å². The van der Waals surface area contributed by atoms with Crippen LogP contribution < -0.4 is 5.56 Å². The summed E-state index contributed by atoms with van der Waals surface area (Å²) < 4.78 is 3.31. The Kier molecular flexibility index (Phi) is 4.16. The van der Waals surface area contributed by atoms with E-state index in [2.05, 4.69) is 32.9 Å². The van der Waals surface area contributed by atoms with Crippen LogP contribution in [0.5, 0.6) is 0 Å². The van der Waals surface area contributed by atoms with E-state index in [4.69, 9.17) is 0 Å². The van der Waals surface area contributed by atoms with Crippen molar-refractivity contribution in [3.8, 4) is 0 Å². The van der Waals surface area contributed by atoms with Crippen LogP contribution >= 0.6 is 15.9 Å². The molecule has 0 bridgehead atoms. The van der Waals surface area contributed by atoms with Gasteiger partial charge in [0.1, 0.15) is 5.39 Å². The Hall–Kier alpha value is -1.17. The first-order chi connectivity index (χ1) is 8.67. The fourth-order valence-electron chi connectivity index (χ4n) is 2.10. The molecule has 2 aromatic rings. The number of aryl methyl sites for hydroxylation is 1. The highest BCUT2D eigenvalue weighted by molar-refractivity contribution is 9.09. The van der Waals surface area contributed by atoms with Gasteiger partial charge in [0.15, 0.2) is 5.65 Å². The topological polar surface area (TPSA) is 52.7 Å². The minimum Gasteiger partial charge on any atom is -0.298 e. The largest absolute Gasteiger partial charge is 0.298 e. The Morgan fingerprint density at radius 1 is 1.50 bits per heavy atom. The van der Waals surface area contributed by atoms with Crippen LogP contribution in [0.1, 0.15) is 19.8 Å². The number of aromatic nitrogens is 4. The molecule has 0 aliphatic carbocycles. The first kappa shape index (κ1) is 13.3. The Balaban J connectivity index is 2.34. The summed E-state index contributed by atoms with van der Waals surface area (Å²) in [4.78, 5) is 16.5. The molecule has 0 spiro atoms. The SMILES string of the molecule is CCCC(CBr)Cn1cnc2c(cnn2C)c1=O. The molecular weight excluding hydrogens is 296 g/mol. The Morgan fingerprint density at radius 3 is 2.94 bits per heavy atom. The molecule has 2 rings (SSSR count). The summed E-state index contributed by atoms with van der Waals surface area (Å²) in [5.41, 5.74) is 0.636. The monoisotopic (exact) mass is 312 g/mol. The quantitative estimate of drug-likeness (QED) is 0.793. The van der Waals surface area contributed by atoms with Crippen LogP contribution in [-0.2, 0) is 13.6 Å². The van der Waals surface area contributed by atoms with E-state index in [1.807, 2.05) is 0 Å². The van der Waals surface area contributed by atoms with Gasteiger partial charge in [0.25, 0.3) is 5.56 Å². The summed E-state index contributed by atoms with van der Waals surface area (Å²) in [5.74, 6) is 0.462. The van der Waals surface area contributed by atoms with Gasteiger partial charge in [-0.25, -0.2) is 4.98 Å². The number of nitrogens with zero attached hydrogens (tertiary/aromatic N) is 4. The summed E-state index contributed by atoms with van der Waals surface area (Å²) >= 11 is 3.50. The fraction of sp³-hybridized carbons (Fsp3) is 0.583. The van der Waals surface area contributed by atoms with Crippen LogP contribution in [0.4, 0.5) is 0 Å². The lowest BCUT2D eigenvalue weighted by Crippen LogP contribution is -2.25. The maximum absolute atomic E-state index is 12.3. The lowest BCUT2D eigenvalue weighted by molar-refractivity contribution is 0.446. The molecule has 2 heterocycles. The van der Waals surface area contributed by atoms with E-state index < -0.39 is 0 Å². The number of hydrogen-bond donors (Lipinski definition) is 0. The van der Waals surface area contributed by atoms with Crippen molar-refractivity contribution >= 4 is 27.0 Å². The summed E-state index contributed by atoms with van der Waals surface area (Å²) in [6.07, 6.45) is 5.43. The summed E-state index contributed by atoms with van der Waals surface area (Å²) in [6, 6.07) is 0. The van der Waals surface area contributed by atoms with E-state index in [0.717, 1.165) is 18.2 Å². The molecule has 1 unspecified atom stereocenters. The van der Waals surface area contributed by atoms with Gasteiger partial charge >= 0.3 is 0 Å². The zero-order valence-corrected chi connectivity index (χ0v) is 12.2. The maximum Gasteiger partial charge on any atom is 0.264 e. The van der Waals surface area contributed by atoms with Gasteiger partial charge in [-0.3, -0.25) is 14.0 Å². The third kappa shape index (κ3) is 2.48. The van der Waals surface area contributed by atoms with Crippen molar-refractivity contribution < 1.29 is 0 Å². The summed E-state index contributed by atoms with van der Waals surface area (Å²) in [7, 11) is 1.79. The molecule has 0 fully saturated rings. The predicted octanol–water partition coefficient (Wildman–Crippen LogP) is 1.94. The second-order valence-electron chi connectivity index (χ2n) is 4.52. The zero-order chi connectivity index (χ0) is 13.1. The van der Waals surface area contributed by atoms with Crippen molar-refractivity contribution in [2.24, 2.45) is 13.0 Å². The van der Waals surface area contributed by atoms with Crippen LogP contribution in [-0.4, -0.2) is 24.7 Å². The average Bonchev–Trinajstić information content (AvgIpc) is 2.74. The second kappa shape index (κ2) is 5.65. The zero-order valence-electron chi connectivity index (χ0n) is 10.6. The van der Waals surface area contributed by atoms with Gasteiger partial charge in [-0.15, -0.1) is 0 Å². The normalized spacial score (nSPS) is 13.1. The highest BCUT2D eigenvalue weighted by Crippen LogP contribution is 2.12. The molecule has 6 heteroatoms. The summed E-state index contributed by atoms with van der Waals surface area (Å²) in [5, 5.41) is 5.55. The van der Waals surface area contributed by atoms with Crippen LogP contribution in [0.15, 0.2) is 17.3 Å². The minimum atomic E-state index is -0.00449. The smallest absolute Gasteiger partial charge is 0.264 e. The molecule has 0 saturated carbocycles. The van der Waals surface area contributed by atoms with Crippen LogP contribution in [0.2, 0.25) is 0 Å². The minimum absolute atomic E-state index is 0.00449. The van der Waals surface area contributed by atoms with E-state index >= 15 is 0 Å². The predicted molar refractivity (Wildman–Crippen MR) is 75.0 cm³/mol. The third-order valence-corrected chi connectivity index (χ3v) is 4.00. The van der Waals surface area contributed by atoms with Crippen molar-refractivity contribution in [1.82, 2.24) is 19.3 Å². The lowest BCUT2D eigenvalue weighted by atomic mass is 10.1. The molecule has 0 amide bonds. The van der Waals surface area contributed by atoms with Gasteiger partial charge in [0.05, 0.1) is 12.5 Å². The molecule has 0 saturated heterocycles. The third-order valence-electron chi connectivity index (χ3n) is 3.09. The molecule has 0 aliphatic rings. The molecule has 5 nitrogen and oxygen atoms in total. The van der Waals surface area contributed by atoms with E-state index in [1.165, 1.54) is 0 Å².